The van der Waals surface area contributed by atoms with E-state index in [0.29, 0.717) is 60.2 Å². The molecule has 34 heavy (non-hydrogen) atoms. The van der Waals surface area contributed by atoms with Gasteiger partial charge in [0.05, 0.1) is 24.4 Å². The van der Waals surface area contributed by atoms with Crippen LogP contribution in [0.4, 0.5) is 16.2 Å². The number of nitrogens with one attached hydrogen (secondary N) is 1. The summed E-state index contributed by atoms with van der Waals surface area (Å²) >= 11 is 6.15. The quantitative estimate of drug-likeness (QED) is 0.640. The average molecular weight is 486 g/mol. The van der Waals surface area contributed by atoms with Crippen LogP contribution in [0.15, 0.2) is 42.5 Å². The summed E-state index contributed by atoms with van der Waals surface area (Å²) in [4.78, 5) is 41.5. The molecule has 1 saturated heterocycles. The van der Waals surface area contributed by atoms with Crippen LogP contribution in [0.2, 0.25) is 5.02 Å². The summed E-state index contributed by atoms with van der Waals surface area (Å²) in [6.45, 7) is 5.33. The first kappa shape index (κ1) is 23.9. The third-order valence-electron chi connectivity index (χ3n) is 5.99. The molecule has 2 aromatic carbocycles. The zero-order chi connectivity index (χ0) is 24.2. The van der Waals surface area contributed by atoms with Crippen LogP contribution in [0.5, 0.6) is 5.75 Å². The number of esters is 1. The van der Waals surface area contributed by atoms with Crippen molar-refractivity contribution in [2.45, 2.75) is 32.8 Å². The van der Waals surface area contributed by atoms with E-state index in [1.54, 1.807) is 59.2 Å². The molecule has 0 bridgehead atoms. The van der Waals surface area contributed by atoms with Crippen molar-refractivity contribution >= 4 is 40.9 Å². The fourth-order valence-corrected chi connectivity index (χ4v) is 4.44. The summed E-state index contributed by atoms with van der Waals surface area (Å²) in [5.41, 5.74) is 1.60. The van der Waals surface area contributed by atoms with E-state index in [2.05, 4.69) is 5.32 Å². The lowest BCUT2D eigenvalue weighted by atomic mass is 9.96. The summed E-state index contributed by atoms with van der Waals surface area (Å²) < 4.78 is 10.9. The van der Waals surface area contributed by atoms with Crippen molar-refractivity contribution in [1.29, 1.82) is 0 Å². The molecular weight excluding hydrogens is 458 g/mol. The number of amides is 3. The molecule has 0 aromatic heterocycles. The van der Waals surface area contributed by atoms with Crippen LogP contribution in [0.3, 0.4) is 0 Å². The van der Waals surface area contributed by atoms with E-state index in [4.69, 9.17) is 21.1 Å². The van der Waals surface area contributed by atoms with E-state index in [-0.39, 0.29) is 30.6 Å². The summed E-state index contributed by atoms with van der Waals surface area (Å²) in [5.74, 6) is -0.132. The Labute approximate surface area is 203 Å². The largest absolute Gasteiger partial charge is 0.487 e. The van der Waals surface area contributed by atoms with Gasteiger partial charge in [0.2, 0.25) is 5.91 Å². The Morgan fingerprint density at radius 1 is 1.15 bits per heavy atom. The first-order chi connectivity index (χ1) is 16.4. The molecule has 0 aliphatic carbocycles. The molecule has 9 heteroatoms. The molecule has 0 unspecified atom stereocenters. The zero-order valence-corrected chi connectivity index (χ0v) is 20.0. The smallest absolute Gasteiger partial charge is 0.338 e. The van der Waals surface area contributed by atoms with E-state index >= 15 is 0 Å². The number of carbonyl (C=O) groups is 3. The molecule has 2 aromatic rings. The van der Waals surface area contributed by atoms with Crippen LogP contribution in [-0.2, 0) is 9.53 Å². The lowest BCUT2D eigenvalue weighted by Crippen LogP contribution is -2.51. The molecule has 1 fully saturated rings. The molecule has 4 rings (SSSR count). The first-order valence-electron chi connectivity index (χ1n) is 11.5. The number of carbonyl (C=O) groups excluding carboxylic acids is 3. The Morgan fingerprint density at radius 3 is 2.65 bits per heavy atom. The molecular formula is C25H28ClN3O5. The van der Waals surface area contributed by atoms with Gasteiger partial charge in [-0.1, -0.05) is 17.7 Å². The predicted octanol–water partition coefficient (Wildman–Crippen LogP) is 4.57. The van der Waals surface area contributed by atoms with Gasteiger partial charge in [-0.25, -0.2) is 9.59 Å². The van der Waals surface area contributed by atoms with Crippen LogP contribution in [0.1, 0.15) is 37.0 Å². The van der Waals surface area contributed by atoms with E-state index in [1.165, 1.54) is 0 Å². The maximum absolute atomic E-state index is 13.3. The highest BCUT2D eigenvalue weighted by atomic mass is 35.5. The number of anilines is 2. The van der Waals surface area contributed by atoms with Gasteiger partial charge in [-0.2, -0.15) is 0 Å². The second kappa shape index (κ2) is 10.3. The lowest BCUT2D eigenvalue weighted by molar-refractivity contribution is -0.121. The third-order valence-corrected chi connectivity index (χ3v) is 6.22. The fourth-order valence-electron chi connectivity index (χ4n) is 4.28. The topological polar surface area (TPSA) is 88.2 Å². The molecule has 2 heterocycles. The molecule has 2 aliphatic heterocycles. The average Bonchev–Trinajstić information content (AvgIpc) is 2.84. The number of fused-ring (bicyclic) bond motifs is 1. The van der Waals surface area contributed by atoms with Crippen LogP contribution >= 0.6 is 11.6 Å². The summed E-state index contributed by atoms with van der Waals surface area (Å²) in [6.07, 6.45) is 0.973. The maximum atomic E-state index is 13.3. The van der Waals surface area contributed by atoms with Crippen LogP contribution in [0.25, 0.3) is 0 Å². The van der Waals surface area contributed by atoms with Crippen molar-refractivity contribution in [3.05, 3.63) is 53.1 Å². The number of ether oxygens (including phenoxy) is 2. The van der Waals surface area contributed by atoms with Gasteiger partial charge < -0.3 is 19.7 Å². The summed E-state index contributed by atoms with van der Waals surface area (Å²) in [6, 6.07) is 11.9. The van der Waals surface area contributed by atoms with Crippen molar-refractivity contribution in [3.8, 4) is 5.75 Å². The van der Waals surface area contributed by atoms with Gasteiger partial charge in [0.1, 0.15) is 11.9 Å². The van der Waals surface area contributed by atoms with Gasteiger partial charge in [-0.3, -0.25) is 9.69 Å². The van der Waals surface area contributed by atoms with Crippen molar-refractivity contribution in [2.24, 2.45) is 5.92 Å². The second-order valence-corrected chi connectivity index (χ2v) is 8.92. The minimum Gasteiger partial charge on any atom is -0.487 e. The monoisotopic (exact) mass is 485 g/mol. The van der Waals surface area contributed by atoms with Gasteiger partial charge >= 0.3 is 12.0 Å². The number of benzene rings is 2. The number of likely N-dealkylation sites (tertiary alicyclic amines) is 1. The molecule has 0 spiro atoms. The molecule has 3 amide bonds. The number of piperidine rings is 1. The maximum Gasteiger partial charge on any atom is 0.338 e. The van der Waals surface area contributed by atoms with E-state index < -0.39 is 5.97 Å². The predicted molar refractivity (Wildman–Crippen MR) is 130 cm³/mol. The Bertz CT molecular complexity index is 1080. The normalized spacial score (nSPS) is 18.0. The van der Waals surface area contributed by atoms with Crippen molar-refractivity contribution in [1.82, 2.24) is 4.90 Å². The van der Waals surface area contributed by atoms with E-state index in [0.717, 1.165) is 0 Å². The highest BCUT2D eigenvalue weighted by Gasteiger charge is 2.34. The van der Waals surface area contributed by atoms with Gasteiger partial charge in [-0.15, -0.1) is 0 Å². The Hall–Kier alpha value is -3.26. The number of nitrogens with zero attached hydrogens (tertiary/aromatic N) is 2. The van der Waals surface area contributed by atoms with Crippen molar-refractivity contribution in [3.63, 3.8) is 0 Å². The van der Waals surface area contributed by atoms with Gasteiger partial charge in [-0.05, 0) is 63.1 Å². The molecule has 8 nitrogen and oxygen atoms in total. The first-order valence-corrected chi connectivity index (χ1v) is 11.8. The standard InChI is InChI=1S/C25H28ClN3O5/c1-3-33-24(31)18-5-4-6-20(13-18)27-23(30)17-9-11-28(12-10-17)25(32)29-15-16(2)34-22-8-7-19(26)14-21(22)29/h4-8,13-14,16-17H,3,9-12,15H2,1-2H3,(H,27,30)/t16-/m1/s1. The van der Waals surface area contributed by atoms with Crippen LogP contribution in [0, 0.1) is 5.92 Å². The van der Waals surface area contributed by atoms with Gasteiger partial charge in [0.25, 0.3) is 0 Å². The lowest BCUT2D eigenvalue weighted by Gasteiger charge is -2.39. The van der Waals surface area contributed by atoms with E-state index in [9.17, 15) is 14.4 Å². The zero-order valence-electron chi connectivity index (χ0n) is 19.3. The Kier molecular flexibility index (Phi) is 7.26. The molecule has 0 radical (unpaired) electrons. The minimum atomic E-state index is -0.425. The van der Waals surface area contributed by atoms with Crippen LogP contribution in [-0.4, -0.2) is 55.2 Å². The van der Waals surface area contributed by atoms with Crippen molar-refractivity contribution < 1.29 is 23.9 Å². The number of rotatable bonds is 4. The van der Waals surface area contributed by atoms with Crippen LogP contribution < -0.4 is 15.0 Å². The molecule has 1 N–H and O–H groups in total. The SMILES string of the molecule is CCOC(=O)c1cccc(NC(=O)C2CCN(C(=O)N3C[C@@H](C)Oc4ccc(Cl)cc43)CC2)c1. The Balaban J connectivity index is 1.36. The molecule has 180 valence electrons. The van der Waals surface area contributed by atoms with E-state index in [1.807, 2.05) is 6.92 Å². The number of hydrogen-bond acceptors (Lipinski definition) is 5. The molecule has 2 aliphatic rings. The number of halogens is 1. The Morgan fingerprint density at radius 2 is 1.91 bits per heavy atom. The summed E-state index contributed by atoms with van der Waals surface area (Å²) in [5, 5.41) is 3.43. The molecule has 0 saturated carbocycles. The highest BCUT2D eigenvalue weighted by Crippen LogP contribution is 2.36. The minimum absolute atomic E-state index is 0.111. The number of hydrogen-bond donors (Lipinski definition) is 1. The fraction of sp³-hybridized carbons (Fsp3) is 0.400. The van der Waals surface area contributed by atoms with Crippen molar-refractivity contribution in [2.75, 3.05) is 36.5 Å². The van der Waals surface area contributed by atoms with Gasteiger partial charge in [0, 0.05) is 29.7 Å². The highest BCUT2D eigenvalue weighted by molar-refractivity contribution is 6.31. The second-order valence-electron chi connectivity index (χ2n) is 8.49. The third kappa shape index (κ3) is 5.28. The summed E-state index contributed by atoms with van der Waals surface area (Å²) in [7, 11) is 0. The van der Waals surface area contributed by atoms with Gasteiger partial charge in [0.15, 0.2) is 0 Å². The number of urea groups is 1. The molecule has 1 atom stereocenters.